The van der Waals surface area contributed by atoms with Crippen molar-refractivity contribution in [1.82, 2.24) is 9.13 Å². The molecule has 0 aliphatic rings. The van der Waals surface area contributed by atoms with Gasteiger partial charge in [-0.1, -0.05) is 155 Å². The fraction of sp³-hybridized carbons (Fsp3) is 0.857. The Labute approximate surface area is 308 Å². The molecule has 0 spiro atoms. The van der Waals surface area contributed by atoms with Crippen LogP contribution >= 0.6 is 23.5 Å². The first-order valence-electron chi connectivity index (χ1n) is 20.8. The molecule has 6 heteroatoms. The van der Waals surface area contributed by atoms with Gasteiger partial charge in [0, 0.05) is 23.0 Å². The van der Waals surface area contributed by atoms with Gasteiger partial charge in [0.2, 0.25) is 12.7 Å². The van der Waals surface area contributed by atoms with Crippen LogP contribution in [0, 0.1) is 0 Å². The lowest BCUT2D eigenvalue weighted by Crippen LogP contribution is -2.25. The highest BCUT2D eigenvalue weighted by Crippen LogP contribution is 2.25. The Balaban J connectivity index is 1.58. The Morgan fingerprint density at radius 1 is 0.438 bits per heavy atom. The van der Waals surface area contributed by atoms with Crippen molar-refractivity contribution < 1.29 is 9.13 Å². The molecule has 0 aromatic carbocycles. The zero-order chi connectivity index (χ0) is 34.3. The Morgan fingerprint density at radius 2 is 0.729 bits per heavy atom. The van der Waals surface area contributed by atoms with E-state index in [0.717, 1.165) is 0 Å². The van der Waals surface area contributed by atoms with E-state index in [1.807, 2.05) is 0 Å². The van der Waals surface area contributed by atoms with Crippen LogP contribution in [0.5, 0.6) is 0 Å². The second kappa shape index (κ2) is 30.9. The predicted octanol–water partition coefficient (Wildman–Crippen LogP) is 12.4. The second-order valence-electron chi connectivity index (χ2n) is 14.9. The Kier molecular flexibility index (Phi) is 27.9. The Hall–Kier alpha value is -0.880. The van der Waals surface area contributed by atoms with Crippen LogP contribution in [0.15, 0.2) is 37.4 Å². The number of imidazole rings is 2. The summed E-state index contributed by atoms with van der Waals surface area (Å²) in [5.41, 5.74) is 0. The van der Waals surface area contributed by atoms with E-state index in [1.165, 1.54) is 190 Å². The molecule has 2 heterocycles. The smallest absolute Gasteiger partial charge is 0.240 e. The fourth-order valence-electron chi connectivity index (χ4n) is 7.01. The van der Waals surface area contributed by atoms with Crippen LogP contribution in [-0.4, -0.2) is 32.1 Å². The lowest BCUT2D eigenvalue weighted by atomic mass is 10.0. The molecular weight excluding hydrogens is 625 g/mol. The van der Waals surface area contributed by atoms with E-state index < -0.39 is 0 Å². The normalized spacial score (nSPS) is 13.0. The van der Waals surface area contributed by atoms with Gasteiger partial charge in [0.1, 0.15) is 36.9 Å². The van der Waals surface area contributed by atoms with Crippen LogP contribution in [-0.2, 0) is 14.1 Å². The monoisotopic (exact) mass is 705 g/mol. The van der Waals surface area contributed by atoms with Crippen LogP contribution < -0.4 is 9.13 Å². The minimum atomic E-state index is 0.628. The van der Waals surface area contributed by atoms with Gasteiger partial charge < -0.3 is 0 Å². The minimum Gasteiger partial charge on any atom is -0.240 e. The summed E-state index contributed by atoms with van der Waals surface area (Å²) in [7, 11) is 4.30. The predicted molar refractivity (Wildman–Crippen MR) is 215 cm³/mol. The molecule has 48 heavy (non-hydrogen) atoms. The molecule has 278 valence electrons. The fourth-order valence-corrected chi connectivity index (χ4v) is 9.50. The third-order valence-electron chi connectivity index (χ3n) is 10.2. The van der Waals surface area contributed by atoms with E-state index in [0.29, 0.717) is 12.1 Å². The van der Waals surface area contributed by atoms with Crippen LogP contribution in [0.4, 0.5) is 0 Å². The molecule has 0 fully saturated rings. The highest BCUT2D eigenvalue weighted by molar-refractivity contribution is 8.02. The van der Waals surface area contributed by atoms with Crippen LogP contribution in [0.25, 0.3) is 0 Å². The summed E-state index contributed by atoms with van der Waals surface area (Å²) in [5, 5.41) is 0. The average Bonchev–Trinajstić information content (AvgIpc) is 3.73. The number of aromatic nitrogens is 4. The van der Waals surface area contributed by atoms with Gasteiger partial charge >= 0.3 is 0 Å². The van der Waals surface area contributed by atoms with E-state index in [-0.39, 0.29) is 0 Å². The van der Waals surface area contributed by atoms with Gasteiger partial charge in [0.15, 0.2) is 0 Å². The van der Waals surface area contributed by atoms with Gasteiger partial charge in [-0.05, 0) is 25.7 Å². The molecule has 2 aromatic heterocycles. The summed E-state index contributed by atoms with van der Waals surface area (Å²) in [4.78, 5) is 0. The Morgan fingerprint density at radius 3 is 1.00 bits per heavy atom. The molecule has 0 radical (unpaired) electrons. The molecule has 4 nitrogen and oxygen atoms in total. The van der Waals surface area contributed by atoms with Gasteiger partial charge in [-0.2, -0.15) is 23.5 Å². The molecular formula is C42H80N4S2+2. The van der Waals surface area contributed by atoms with Crippen molar-refractivity contribution >= 4 is 23.5 Å². The molecule has 0 saturated heterocycles. The van der Waals surface area contributed by atoms with E-state index >= 15 is 0 Å². The zero-order valence-corrected chi connectivity index (χ0v) is 34.1. The van der Waals surface area contributed by atoms with Gasteiger partial charge in [0.25, 0.3) is 0 Å². The first-order chi connectivity index (χ1) is 23.6. The van der Waals surface area contributed by atoms with Crippen molar-refractivity contribution in [1.29, 1.82) is 0 Å². The lowest BCUT2D eigenvalue weighted by molar-refractivity contribution is -0.671. The van der Waals surface area contributed by atoms with Gasteiger partial charge in [-0.3, -0.25) is 0 Å². The third kappa shape index (κ3) is 22.8. The Bertz CT molecular complexity index is 881. The van der Waals surface area contributed by atoms with Gasteiger partial charge in [-0.15, -0.1) is 0 Å². The van der Waals surface area contributed by atoms with E-state index in [2.05, 4.69) is 107 Å². The number of hydrogen-bond donors (Lipinski definition) is 0. The van der Waals surface area contributed by atoms with Crippen molar-refractivity contribution in [2.45, 2.75) is 193 Å². The number of aryl methyl sites for hydroxylation is 2. The first-order valence-corrected chi connectivity index (χ1v) is 23.2. The summed E-state index contributed by atoms with van der Waals surface area (Å²) in [6.07, 6.45) is 50.4. The number of nitrogens with zero attached hydrogens (tertiary/aromatic N) is 4. The minimum absolute atomic E-state index is 0.628. The quantitative estimate of drug-likeness (QED) is 0.0525. The van der Waals surface area contributed by atoms with E-state index in [1.54, 1.807) is 0 Å². The molecule has 2 aromatic rings. The maximum absolute atomic E-state index is 2.48. The van der Waals surface area contributed by atoms with Crippen LogP contribution in [0.1, 0.15) is 193 Å². The molecule has 0 bridgehead atoms. The van der Waals surface area contributed by atoms with Crippen molar-refractivity contribution in [3.63, 3.8) is 0 Å². The number of hydrogen-bond acceptors (Lipinski definition) is 2. The maximum Gasteiger partial charge on any atom is 0.243 e. The van der Waals surface area contributed by atoms with E-state index in [9.17, 15) is 0 Å². The third-order valence-corrected chi connectivity index (χ3v) is 12.7. The summed E-state index contributed by atoms with van der Waals surface area (Å²) in [6.45, 7) is 4.61. The zero-order valence-electron chi connectivity index (χ0n) is 32.4. The van der Waals surface area contributed by atoms with Gasteiger partial charge in [0.05, 0.1) is 14.1 Å². The highest BCUT2D eigenvalue weighted by atomic mass is 32.2. The first kappa shape index (κ1) is 43.3. The summed E-state index contributed by atoms with van der Waals surface area (Å²) < 4.78 is 9.37. The molecule has 0 aliphatic carbocycles. The summed E-state index contributed by atoms with van der Waals surface area (Å²) in [5.74, 6) is 5.00. The van der Waals surface area contributed by atoms with Gasteiger partial charge in [-0.25, -0.2) is 18.3 Å². The lowest BCUT2D eigenvalue weighted by Gasteiger charge is -2.15. The van der Waals surface area contributed by atoms with Crippen LogP contribution in [0.2, 0.25) is 0 Å². The largest absolute Gasteiger partial charge is 0.243 e. The number of rotatable bonds is 35. The van der Waals surface area contributed by atoms with E-state index in [4.69, 9.17) is 0 Å². The van der Waals surface area contributed by atoms with Crippen molar-refractivity contribution in [2.24, 2.45) is 14.1 Å². The number of thioether (sulfide) groups is 2. The molecule has 0 saturated carbocycles. The van der Waals surface area contributed by atoms with Crippen molar-refractivity contribution in [3.05, 3.63) is 37.4 Å². The average molecular weight is 705 g/mol. The molecule has 0 N–H and O–H groups in total. The molecule has 0 amide bonds. The van der Waals surface area contributed by atoms with Crippen molar-refractivity contribution in [3.8, 4) is 0 Å². The SMILES string of the molecule is CCCCCCCCCCCCCCC(CSCCSCC(CCCCCCCCCCCCCC)n1cc[n+](C)c1)n1cc[n+](C)c1. The van der Waals surface area contributed by atoms with Crippen LogP contribution in [0.3, 0.4) is 0 Å². The maximum atomic E-state index is 2.48. The second-order valence-corrected chi connectivity index (χ2v) is 17.2. The summed E-state index contributed by atoms with van der Waals surface area (Å²) in [6, 6.07) is 1.26. The highest BCUT2D eigenvalue weighted by Gasteiger charge is 2.18. The molecule has 2 atom stereocenters. The standard InChI is InChI=1S/C42H80N4S2/c1-5-7-9-11-13-15-17-19-21-23-25-27-29-41(45-33-31-43(3)39-45)37-47-35-36-48-38-42(46-34-32-44(4)40-46)30-28-26-24-22-20-18-16-14-12-10-8-6-2/h31-34,39-42H,5-30,35-38H2,1-4H3/q+2. The summed E-state index contributed by atoms with van der Waals surface area (Å²) >= 11 is 4.35. The molecule has 0 aliphatic heterocycles. The van der Waals surface area contributed by atoms with Crippen molar-refractivity contribution in [2.75, 3.05) is 23.0 Å². The number of unbranched alkanes of at least 4 members (excludes halogenated alkanes) is 22. The molecule has 2 unspecified atom stereocenters. The molecule has 2 rings (SSSR count). The topological polar surface area (TPSA) is 17.6 Å².